The Balaban J connectivity index is 2.28. The van der Waals surface area contributed by atoms with E-state index >= 15 is 0 Å². The summed E-state index contributed by atoms with van der Waals surface area (Å²) in [6.07, 6.45) is 4.05. The van der Waals surface area contributed by atoms with Gasteiger partial charge in [0.1, 0.15) is 5.75 Å². The molecule has 0 unspecified atom stereocenters. The van der Waals surface area contributed by atoms with Crippen molar-refractivity contribution in [1.29, 1.82) is 0 Å². The summed E-state index contributed by atoms with van der Waals surface area (Å²) in [6, 6.07) is 7.85. The van der Waals surface area contributed by atoms with Gasteiger partial charge in [0.25, 0.3) is 5.91 Å². The summed E-state index contributed by atoms with van der Waals surface area (Å²) in [6.45, 7) is 14.5. The predicted molar refractivity (Wildman–Crippen MR) is 108 cm³/mol. The van der Waals surface area contributed by atoms with E-state index in [2.05, 4.69) is 44.8 Å². The molecule has 1 aromatic rings. The van der Waals surface area contributed by atoms with Crippen LogP contribution in [0.3, 0.4) is 0 Å². The van der Waals surface area contributed by atoms with Crippen LogP contribution in [-0.4, -0.2) is 41.1 Å². The second kappa shape index (κ2) is 8.43. The highest BCUT2D eigenvalue weighted by Crippen LogP contribution is 2.32. The third-order valence-electron chi connectivity index (χ3n) is 5.01. The molecule has 0 bridgehead atoms. The van der Waals surface area contributed by atoms with Crippen molar-refractivity contribution in [1.82, 2.24) is 10.2 Å². The van der Waals surface area contributed by atoms with E-state index in [4.69, 9.17) is 4.74 Å². The second-order valence-electron chi connectivity index (χ2n) is 8.77. The van der Waals surface area contributed by atoms with E-state index < -0.39 is 0 Å². The van der Waals surface area contributed by atoms with Crippen molar-refractivity contribution in [2.45, 2.75) is 84.3 Å². The summed E-state index contributed by atoms with van der Waals surface area (Å²) in [5.74, 6) is 0.887. The number of carbonyl (C=O) groups is 1. The second-order valence-corrected chi connectivity index (χ2v) is 8.77. The Hall–Kier alpha value is -1.55. The molecule has 1 heterocycles. The zero-order chi connectivity index (χ0) is 19.4. The fraction of sp³-hybridized carbons (Fsp3) is 0.682. The maximum Gasteiger partial charge on any atom is 0.254 e. The molecule has 1 N–H and O–H groups in total. The third-order valence-corrected chi connectivity index (χ3v) is 5.01. The van der Waals surface area contributed by atoms with Crippen molar-refractivity contribution >= 4 is 5.91 Å². The minimum Gasteiger partial charge on any atom is -0.494 e. The molecule has 1 fully saturated rings. The van der Waals surface area contributed by atoms with Crippen molar-refractivity contribution < 1.29 is 9.53 Å². The summed E-state index contributed by atoms with van der Waals surface area (Å²) in [5.41, 5.74) is 0.760. The molecule has 0 aromatic heterocycles. The van der Waals surface area contributed by atoms with Crippen molar-refractivity contribution in [3.8, 4) is 5.75 Å². The van der Waals surface area contributed by atoms with Crippen molar-refractivity contribution in [3.63, 3.8) is 0 Å². The largest absolute Gasteiger partial charge is 0.494 e. The van der Waals surface area contributed by atoms with Gasteiger partial charge in [0.05, 0.1) is 6.61 Å². The van der Waals surface area contributed by atoms with E-state index in [1.807, 2.05) is 31.2 Å². The van der Waals surface area contributed by atoms with Crippen LogP contribution < -0.4 is 10.1 Å². The van der Waals surface area contributed by atoms with Crippen LogP contribution in [0.25, 0.3) is 0 Å². The standard InChI is InChI=1S/C22H36N2O2/c1-7-9-13-24(18-15-21(3,4)23-22(5,6)16-18)20(25)17-11-10-12-19(14-17)26-8-2/h10-12,14,18,23H,7-9,13,15-16H2,1-6H3. The summed E-state index contributed by atoms with van der Waals surface area (Å²) >= 11 is 0. The Morgan fingerprint density at radius 1 is 1.19 bits per heavy atom. The summed E-state index contributed by atoms with van der Waals surface area (Å²) < 4.78 is 5.59. The summed E-state index contributed by atoms with van der Waals surface area (Å²) in [7, 11) is 0. The molecular formula is C22H36N2O2. The minimum absolute atomic E-state index is 0.0182. The zero-order valence-corrected chi connectivity index (χ0v) is 17.4. The van der Waals surface area contributed by atoms with Crippen LogP contribution in [0.15, 0.2) is 24.3 Å². The van der Waals surface area contributed by atoms with Gasteiger partial charge < -0.3 is 15.0 Å². The lowest BCUT2D eigenvalue weighted by Crippen LogP contribution is -2.62. The maximum absolute atomic E-state index is 13.4. The molecule has 2 rings (SSSR count). The van der Waals surface area contributed by atoms with E-state index in [9.17, 15) is 4.79 Å². The molecule has 1 aliphatic heterocycles. The number of hydrogen-bond acceptors (Lipinski definition) is 3. The molecule has 0 saturated carbocycles. The number of nitrogens with one attached hydrogen (secondary N) is 1. The van der Waals surface area contributed by atoms with Crippen LogP contribution >= 0.6 is 0 Å². The van der Waals surface area contributed by atoms with Crippen molar-refractivity contribution in [2.24, 2.45) is 0 Å². The fourth-order valence-electron chi connectivity index (χ4n) is 4.32. The number of nitrogens with zero attached hydrogens (tertiary/aromatic N) is 1. The number of piperidine rings is 1. The maximum atomic E-state index is 13.4. The number of hydrogen-bond donors (Lipinski definition) is 1. The first-order valence-electron chi connectivity index (χ1n) is 10.0. The molecule has 0 radical (unpaired) electrons. The Bertz CT molecular complexity index is 594. The summed E-state index contributed by atoms with van der Waals surface area (Å²) in [5, 5.41) is 3.72. The predicted octanol–water partition coefficient (Wildman–Crippen LogP) is 4.64. The van der Waals surface area contributed by atoms with Crippen LogP contribution in [0, 0.1) is 0 Å². The van der Waals surface area contributed by atoms with Gasteiger partial charge in [0.2, 0.25) is 0 Å². The van der Waals surface area contributed by atoms with Gasteiger partial charge in [-0.3, -0.25) is 4.79 Å². The smallest absolute Gasteiger partial charge is 0.254 e. The Morgan fingerprint density at radius 2 is 1.85 bits per heavy atom. The van der Waals surface area contributed by atoms with Gasteiger partial charge in [-0.2, -0.15) is 0 Å². The molecule has 1 aromatic carbocycles. The number of carbonyl (C=O) groups excluding carboxylic acids is 1. The number of benzene rings is 1. The molecule has 1 aliphatic rings. The van der Waals surface area contributed by atoms with Gasteiger partial charge in [-0.15, -0.1) is 0 Å². The van der Waals surface area contributed by atoms with Crippen molar-refractivity contribution in [3.05, 3.63) is 29.8 Å². The minimum atomic E-state index is 0.0182. The Kier molecular flexibility index (Phi) is 6.73. The molecule has 1 saturated heterocycles. The molecular weight excluding hydrogens is 324 g/mol. The van der Waals surface area contributed by atoms with Gasteiger partial charge in [-0.05, 0) is 72.1 Å². The lowest BCUT2D eigenvalue weighted by atomic mass is 9.78. The number of rotatable bonds is 7. The van der Waals surface area contributed by atoms with Crippen LogP contribution in [0.1, 0.15) is 77.6 Å². The first kappa shape index (κ1) is 20.8. The SMILES string of the molecule is CCCCN(C(=O)c1cccc(OCC)c1)C1CC(C)(C)NC(C)(C)C1. The average molecular weight is 361 g/mol. The van der Waals surface area contributed by atoms with E-state index in [0.717, 1.165) is 43.5 Å². The van der Waals surface area contributed by atoms with Crippen LogP contribution in [0.4, 0.5) is 0 Å². The van der Waals surface area contributed by atoms with Gasteiger partial charge in [-0.1, -0.05) is 19.4 Å². The van der Waals surface area contributed by atoms with Crippen LogP contribution in [-0.2, 0) is 0 Å². The van der Waals surface area contributed by atoms with E-state index in [0.29, 0.717) is 6.61 Å². The first-order chi connectivity index (χ1) is 12.2. The number of ether oxygens (including phenoxy) is 1. The highest BCUT2D eigenvalue weighted by atomic mass is 16.5. The first-order valence-corrected chi connectivity index (χ1v) is 10.0. The van der Waals surface area contributed by atoms with E-state index in [1.54, 1.807) is 0 Å². The molecule has 0 aliphatic carbocycles. The highest BCUT2D eigenvalue weighted by Gasteiger charge is 2.41. The quantitative estimate of drug-likeness (QED) is 0.770. The Labute approximate surface area is 159 Å². The molecule has 0 atom stereocenters. The molecule has 0 spiro atoms. The third kappa shape index (κ3) is 5.47. The van der Waals surface area contributed by atoms with E-state index in [-0.39, 0.29) is 23.0 Å². The molecule has 4 heteroatoms. The fourth-order valence-corrected chi connectivity index (χ4v) is 4.32. The van der Waals surface area contributed by atoms with Gasteiger partial charge in [-0.25, -0.2) is 0 Å². The van der Waals surface area contributed by atoms with Gasteiger partial charge in [0, 0.05) is 29.2 Å². The summed E-state index contributed by atoms with van der Waals surface area (Å²) in [4.78, 5) is 15.5. The van der Waals surface area contributed by atoms with Crippen molar-refractivity contribution in [2.75, 3.05) is 13.2 Å². The number of amides is 1. The highest BCUT2D eigenvalue weighted by molar-refractivity contribution is 5.94. The average Bonchev–Trinajstić information content (AvgIpc) is 2.52. The normalized spacial score (nSPS) is 19.2. The van der Waals surface area contributed by atoms with Crippen LogP contribution in [0.5, 0.6) is 5.75 Å². The molecule has 1 amide bonds. The lowest BCUT2D eigenvalue weighted by Gasteiger charge is -2.49. The van der Waals surface area contributed by atoms with Gasteiger partial charge in [0.15, 0.2) is 0 Å². The van der Waals surface area contributed by atoms with Gasteiger partial charge >= 0.3 is 0 Å². The molecule has 26 heavy (non-hydrogen) atoms. The van der Waals surface area contributed by atoms with Crippen LogP contribution in [0.2, 0.25) is 0 Å². The monoisotopic (exact) mass is 360 g/mol. The molecule has 146 valence electrons. The lowest BCUT2D eigenvalue weighted by molar-refractivity contribution is 0.0441. The zero-order valence-electron chi connectivity index (χ0n) is 17.4. The van der Waals surface area contributed by atoms with E-state index in [1.165, 1.54) is 0 Å². The number of unbranched alkanes of at least 4 members (excludes halogenated alkanes) is 1. The Morgan fingerprint density at radius 3 is 2.42 bits per heavy atom. The topological polar surface area (TPSA) is 41.6 Å². The molecule has 4 nitrogen and oxygen atoms in total.